The van der Waals surface area contributed by atoms with Crippen LogP contribution in [0.4, 0.5) is 0 Å². The normalized spacial score (nSPS) is 6.75. The van der Waals surface area contributed by atoms with Crippen LogP contribution in [0.25, 0.3) is 0 Å². The van der Waals surface area contributed by atoms with E-state index in [2.05, 4.69) is 44.7 Å². The predicted octanol–water partition coefficient (Wildman–Crippen LogP) is 1.01. The summed E-state index contributed by atoms with van der Waals surface area (Å²) in [6.07, 6.45) is 0. The molecule has 0 nitrogen and oxygen atoms in total. The van der Waals surface area contributed by atoms with Crippen molar-refractivity contribution in [2.75, 3.05) is 0 Å². The smallest absolute Gasteiger partial charge is 0.0192 e. The summed E-state index contributed by atoms with van der Waals surface area (Å²) < 4.78 is 0.273. The molecular formula is B2I2-. The number of halogens is 2. The Morgan fingerprint density at radius 3 is 1.50 bits per heavy atom. The van der Waals surface area contributed by atoms with E-state index in [-0.39, 0.29) is 2.32 Å². The molecular weight excluding hydrogens is 275 g/mol. The number of hydrogen-bond acceptors (Lipinski definition) is 0. The molecule has 0 saturated heterocycles. The summed E-state index contributed by atoms with van der Waals surface area (Å²) in [6, 6.07) is 0. The molecule has 0 fully saturated rings. The van der Waals surface area contributed by atoms with Gasteiger partial charge in [-0.1, -0.05) is 0 Å². The zero-order chi connectivity index (χ0) is 3.58. The number of rotatable bonds is 0. The van der Waals surface area contributed by atoms with Gasteiger partial charge in [-0.3, -0.25) is 0 Å². The van der Waals surface area contributed by atoms with Crippen LogP contribution in [0, 0.1) is 0 Å². The average Bonchev–Trinajstić information content (AvgIpc) is 0.811. The fraction of sp³-hybridized carbons (Fsp3) is 0. The summed E-state index contributed by atoms with van der Waals surface area (Å²) in [6.45, 7) is 0. The van der Waals surface area contributed by atoms with Gasteiger partial charge in [-0.2, -0.15) is 44.7 Å². The Kier molecular flexibility index (Phi) is 3.92. The van der Waals surface area contributed by atoms with Crippen molar-refractivity contribution in [3.8, 4) is 0 Å². The summed E-state index contributed by atoms with van der Waals surface area (Å²) in [5.41, 5.74) is 0. The molecule has 0 aliphatic rings. The number of hydrogen-bond donors (Lipinski definition) is 0. The van der Waals surface area contributed by atoms with Crippen LogP contribution in [0.15, 0.2) is 0 Å². The Balaban J connectivity index is 2.32. The van der Waals surface area contributed by atoms with Crippen molar-refractivity contribution >= 4 is 54.8 Å². The second kappa shape index (κ2) is 2.81. The van der Waals surface area contributed by atoms with E-state index in [1.807, 2.05) is 0 Å². The third-order valence-corrected chi connectivity index (χ3v) is 0. The van der Waals surface area contributed by atoms with E-state index >= 15 is 0 Å². The van der Waals surface area contributed by atoms with Crippen molar-refractivity contribution in [1.29, 1.82) is 0 Å². The van der Waals surface area contributed by atoms with Crippen LogP contribution in [0.2, 0.25) is 0 Å². The minimum atomic E-state index is 0.273. The SMILES string of the molecule is [B-]B(I)I. The molecule has 0 bridgehead atoms. The lowest BCUT2D eigenvalue weighted by atomic mass is 9.80. The molecule has 0 aromatic carbocycles. The summed E-state index contributed by atoms with van der Waals surface area (Å²) in [5, 5.41) is 0. The second-order valence-electron chi connectivity index (χ2n) is 0.334. The predicted molar refractivity (Wildman–Crippen MR) is 39.5 cm³/mol. The van der Waals surface area contributed by atoms with Gasteiger partial charge in [0.25, 0.3) is 0 Å². The van der Waals surface area contributed by atoms with Crippen molar-refractivity contribution in [2.45, 2.75) is 0 Å². The highest BCUT2D eigenvalue weighted by Crippen LogP contribution is 1.94. The molecule has 0 atom stereocenters. The van der Waals surface area contributed by atoms with Gasteiger partial charge in [0.1, 0.15) is 0 Å². The van der Waals surface area contributed by atoms with Gasteiger partial charge in [0.2, 0.25) is 0 Å². The lowest BCUT2D eigenvalue weighted by Gasteiger charge is -1.92. The molecule has 4 heteroatoms. The van der Waals surface area contributed by atoms with Gasteiger partial charge in [0.05, 0.1) is 0 Å². The maximum atomic E-state index is 5.08. The van der Waals surface area contributed by atoms with Crippen LogP contribution in [-0.4, -0.2) is 10.1 Å². The van der Waals surface area contributed by atoms with Gasteiger partial charge in [0, 0.05) is 2.32 Å². The molecule has 3 radical (unpaired) electrons. The topological polar surface area (TPSA) is 0 Å². The molecule has 0 aliphatic carbocycles. The highest BCUT2D eigenvalue weighted by atomic mass is 127. The minimum Gasteiger partial charge on any atom is -0.635 e. The molecule has 4 heavy (non-hydrogen) atoms. The first-order valence-corrected chi connectivity index (χ1v) is 3.26. The van der Waals surface area contributed by atoms with Crippen molar-refractivity contribution in [3.63, 3.8) is 0 Å². The maximum absolute atomic E-state index is 5.08. The van der Waals surface area contributed by atoms with Crippen LogP contribution in [0.1, 0.15) is 0 Å². The van der Waals surface area contributed by atoms with Crippen LogP contribution < -0.4 is 0 Å². The lowest BCUT2D eigenvalue weighted by molar-refractivity contribution is 4.64. The average molecular weight is 275 g/mol. The molecule has 0 saturated carbocycles. The quantitative estimate of drug-likeness (QED) is 0.457. The maximum Gasteiger partial charge on any atom is 0.0192 e. The van der Waals surface area contributed by atoms with Crippen LogP contribution in [-0.2, 0) is 0 Å². The Bertz CT molecular complexity index is 8.75. The zero-order valence-corrected chi connectivity index (χ0v) is 6.23. The van der Waals surface area contributed by atoms with Crippen LogP contribution in [0.5, 0.6) is 0 Å². The fourth-order valence-electron chi connectivity index (χ4n) is 0. The Morgan fingerprint density at radius 1 is 1.50 bits per heavy atom. The summed E-state index contributed by atoms with van der Waals surface area (Å²) >= 11 is 4.22. The summed E-state index contributed by atoms with van der Waals surface area (Å²) in [5.74, 6) is 0. The highest BCUT2D eigenvalue weighted by Gasteiger charge is 1.59. The van der Waals surface area contributed by atoms with E-state index in [0.717, 1.165) is 0 Å². The molecule has 0 aromatic rings. The summed E-state index contributed by atoms with van der Waals surface area (Å²) in [4.78, 5) is 0. The third-order valence-electron chi connectivity index (χ3n) is 0. The monoisotopic (exact) mass is 276 g/mol. The molecule has 0 rings (SSSR count). The van der Waals surface area contributed by atoms with Crippen molar-refractivity contribution in [2.24, 2.45) is 0 Å². The van der Waals surface area contributed by atoms with Crippen molar-refractivity contribution in [1.82, 2.24) is 0 Å². The zero-order valence-electron chi connectivity index (χ0n) is 1.91. The fourth-order valence-corrected chi connectivity index (χ4v) is 0. The Morgan fingerprint density at radius 2 is 1.50 bits per heavy atom. The molecule has 21 valence electrons. The Labute approximate surface area is 54.3 Å². The van der Waals surface area contributed by atoms with Crippen LogP contribution >= 0.6 is 44.7 Å². The molecule has 0 heterocycles. The van der Waals surface area contributed by atoms with Crippen molar-refractivity contribution < 1.29 is 0 Å². The van der Waals surface area contributed by atoms with Gasteiger partial charge in [-0.25, -0.2) is 0 Å². The summed E-state index contributed by atoms with van der Waals surface area (Å²) in [7, 11) is 5.08. The molecule has 0 amide bonds. The minimum absolute atomic E-state index is 0.273. The van der Waals surface area contributed by atoms with E-state index in [0.29, 0.717) is 0 Å². The first-order chi connectivity index (χ1) is 1.73. The molecule has 0 aliphatic heterocycles. The lowest BCUT2D eigenvalue weighted by Crippen LogP contribution is -1.82. The second-order valence-corrected chi connectivity index (χ2v) is 5.40. The first-order valence-electron chi connectivity index (χ1n) is 0.770. The standard InChI is InChI=1S/B2I2/c1-2(3)4/q-1. The van der Waals surface area contributed by atoms with E-state index in [4.69, 9.17) is 7.74 Å². The molecule has 0 N–H and O–H groups in total. The highest BCUT2D eigenvalue weighted by molar-refractivity contribution is 14.3. The largest absolute Gasteiger partial charge is 0.635 e. The van der Waals surface area contributed by atoms with Gasteiger partial charge < -0.3 is 7.74 Å². The van der Waals surface area contributed by atoms with Gasteiger partial charge in [0.15, 0.2) is 0 Å². The first kappa shape index (κ1) is 5.59. The molecule has 0 unspecified atom stereocenters. The van der Waals surface area contributed by atoms with Gasteiger partial charge >= 0.3 is 0 Å². The van der Waals surface area contributed by atoms with Gasteiger partial charge in [-0.15, -0.1) is 0 Å². The third kappa shape index (κ3) is 9.53. The van der Waals surface area contributed by atoms with E-state index in [1.165, 1.54) is 0 Å². The van der Waals surface area contributed by atoms with E-state index in [9.17, 15) is 0 Å². The molecule has 0 aromatic heterocycles. The molecule has 0 spiro atoms. The van der Waals surface area contributed by atoms with E-state index in [1.54, 1.807) is 0 Å². The Hall–Kier alpha value is 1.59. The van der Waals surface area contributed by atoms with Crippen molar-refractivity contribution in [3.05, 3.63) is 0 Å². The van der Waals surface area contributed by atoms with E-state index < -0.39 is 0 Å². The van der Waals surface area contributed by atoms with Crippen LogP contribution in [0.3, 0.4) is 0 Å². The van der Waals surface area contributed by atoms with Gasteiger partial charge in [-0.05, 0) is 0 Å².